The number of hydrogen-bond donors (Lipinski definition) is 2. The van der Waals surface area contributed by atoms with E-state index in [9.17, 15) is 14.4 Å². The Kier molecular flexibility index (Phi) is 4.64. The molecule has 5 rings (SSSR count). The Labute approximate surface area is 185 Å². The van der Waals surface area contributed by atoms with Crippen LogP contribution in [0.1, 0.15) is 24.2 Å². The van der Waals surface area contributed by atoms with Crippen molar-refractivity contribution in [3.05, 3.63) is 87.7 Å². The van der Waals surface area contributed by atoms with Gasteiger partial charge in [0.25, 0.3) is 0 Å². The number of anilines is 1. The van der Waals surface area contributed by atoms with Gasteiger partial charge in [-0.15, -0.1) is 0 Å². The predicted octanol–water partition coefficient (Wildman–Crippen LogP) is 4.20. The van der Waals surface area contributed by atoms with Crippen molar-refractivity contribution in [1.29, 1.82) is 5.26 Å². The number of rotatable bonds is 4. The van der Waals surface area contributed by atoms with E-state index in [0.29, 0.717) is 39.3 Å². The molecule has 10 heteroatoms. The highest BCUT2D eigenvalue weighted by molar-refractivity contribution is 6.30. The first kappa shape index (κ1) is 19.8. The first-order valence-corrected chi connectivity index (χ1v) is 10.0. The number of aromatic nitrogens is 5. The van der Waals surface area contributed by atoms with Crippen LogP contribution in [0.4, 0.5) is 10.2 Å². The van der Waals surface area contributed by atoms with Crippen LogP contribution in [0.2, 0.25) is 5.15 Å². The van der Waals surface area contributed by atoms with Crippen molar-refractivity contribution < 1.29 is 4.39 Å². The highest BCUT2D eigenvalue weighted by atomic mass is 35.5. The van der Waals surface area contributed by atoms with Crippen LogP contribution in [0.15, 0.2) is 59.8 Å². The third kappa shape index (κ3) is 3.09. The molecule has 1 unspecified atom stereocenters. The van der Waals surface area contributed by atoms with E-state index in [4.69, 9.17) is 11.6 Å². The Morgan fingerprint density at radius 3 is 2.88 bits per heavy atom. The standard InChI is InChI=1S/C22H15ClFN7O/c1-12(29-21-19-13(9-25)10-26-20(19)27-11-28-21)17-8-16-5-6-18(23)31(16)22(32)30(17)15-4-2-3-14(24)7-15/h2-8,10-12H,1H3,(H2,26,27,28,29). The summed E-state index contributed by atoms with van der Waals surface area (Å²) in [4.78, 5) is 24.8. The molecular formula is C22H15ClFN7O. The fourth-order valence-corrected chi connectivity index (χ4v) is 4.03. The van der Waals surface area contributed by atoms with Gasteiger partial charge in [-0.2, -0.15) is 5.26 Å². The van der Waals surface area contributed by atoms with E-state index in [0.717, 1.165) is 0 Å². The third-order valence-corrected chi connectivity index (χ3v) is 5.55. The average Bonchev–Trinajstić information content (AvgIpc) is 3.37. The molecule has 0 saturated carbocycles. The molecule has 0 fully saturated rings. The summed E-state index contributed by atoms with van der Waals surface area (Å²) in [5, 5.41) is 13.5. The number of nitrogens with one attached hydrogen (secondary N) is 2. The molecule has 4 heterocycles. The lowest BCUT2D eigenvalue weighted by molar-refractivity contribution is 0.624. The molecule has 32 heavy (non-hydrogen) atoms. The third-order valence-electron chi connectivity index (χ3n) is 5.25. The SMILES string of the molecule is CC(Nc1ncnc2[nH]cc(C#N)c12)c1cc2ccc(Cl)n2c(=O)n1-c1cccc(F)c1. The zero-order valence-corrected chi connectivity index (χ0v) is 17.4. The van der Waals surface area contributed by atoms with Crippen LogP contribution in [0.3, 0.4) is 0 Å². The van der Waals surface area contributed by atoms with Gasteiger partial charge >= 0.3 is 5.69 Å². The molecule has 1 atom stereocenters. The zero-order valence-electron chi connectivity index (χ0n) is 16.7. The number of nitrogens with zero attached hydrogens (tertiary/aromatic N) is 5. The molecular weight excluding hydrogens is 433 g/mol. The number of hydrogen-bond acceptors (Lipinski definition) is 5. The van der Waals surface area contributed by atoms with Gasteiger partial charge in [-0.1, -0.05) is 17.7 Å². The molecule has 158 valence electrons. The van der Waals surface area contributed by atoms with Crippen molar-refractivity contribution in [1.82, 2.24) is 23.9 Å². The summed E-state index contributed by atoms with van der Waals surface area (Å²) >= 11 is 6.23. The summed E-state index contributed by atoms with van der Waals surface area (Å²) in [6, 6.07) is 12.6. The van der Waals surface area contributed by atoms with E-state index in [1.165, 1.54) is 33.5 Å². The van der Waals surface area contributed by atoms with Crippen LogP contribution in [-0.4, -0.2) is 23.9 Å². The fourth-order valence-electron chi connectivity index (χ4n) is 3.80. The fraction of sp³-hybridized carbons (Fsp3) is 0.0909. The minimum absolute atomic E-state index is 0.255. The van der Waals surface area contributed by atoms with Crippen LogP contribution >= 0.6 is 11.6 Å². The topological polar surface area (TPSA) is 104 Å². The predicted molar refractivity (Wildman–Crippen MR) is 119 cm³/mol. The first-order chi connectivity index (χ1) is 15.5. The monoisotopic (exact) mass is 447 g/mol. The summed E-state index contributed by atoms with van der Waals surface area (Å²) < 4.78 is 16.8. The lowest BCUT2D eigenvalue weighted by Gasteiger charge is -2.21. The van der Waals surface area contributed by atoms with E-state index < -0.39 is 17.5 Å². The molecule has 0 saturated heterocycles. The Bertz CT molecular complexity index is 1590. The summed E-state index contributed by atoms with van der Waals surface area (Å²) in [6.45, 7) is 1.85. The molecule has 8 nitrogen and oxygen atoms in total. The Morgan fingerprint density at radius 1 is 1.25 bits per heavy atom. The van der Waals surface area contributed by atoms with Gasteiger partial charge in [0.1, 0.15) is 34.8 Å². The maximum Gasteiger partial charge on any atom is 0.338 e. The van der Waals surface area contributed by atoms with E-state index in [1.807, 2.05) is 6.92 Å². The van der Waals surface area contributed by atoms with Gasteiger partial charge in [-0.3, -0.25) is 8.97 Å². The summed E-state index contributed by atoms with van der Waals surface area (Å²) in [6.07, 6.45) is 2.94. The summed E-state index contributed by atoms with van der Waals surface area (Å²) in [5.41, 5.74) is 2.00. The number of benzene rings is 1. The van der Waals surface area contributed by atoms with Crippen molar-refractivity contribution >= 4 is 34.0 Å². The second-order valence-corrected chi connectivity index (χ2v) is 7.60. The molecule has 5 aromatic rings. The van der Waals surface area contributed by atoms with Crippen molar-refractivity contribution in [2.24, 2.45) is 0 Å². The van der Waals surface area contributed by atoms with Crippen LogP contribution in [0.5, 0.6) is 0 Å². The molecule has 0 aliphatic carbocycles. The molecule has 0 spiro atoms. The maximum atomic E-state index is 14.0. The van der Waals surface area contributed by atoms with Gasteiger partial charge in [-0.05, 0) is 43.3 Å². The van der Waals surface area contributed by atoms with Crippen molar-refractivity contribution in [3.63, 3.8) is 0 Å². The molecule has 0 aliphatic rings. The summed E-state index contributed by atoms with van der Waals surface area (Å²) in [7, 11) is 0. The van der Waals surface area contributed by atoms with Crippen LogP contribution in [-0.2, 0) is 0 Å². The highest BCUT2D eigenvalue weighted by Gasteiger charge is 2.20. The van der Waals surface area contributed by atoms with Crippen molar-refractivity contribution in [3.8, 4) is 11.8 Å². The van der Waals surface area contributed by atoms with Crippen molar-refractivity contribution in [2.75, 3.05) is 5.32 Å². The normalized spacial score (nSPS) is 12.2. The number of aromatic amines is 1. The molecule has 0 bridgehead atoms. The second kappa shape index (κ2) is 7.51. The zero-order chi connectivity index (χ0) is 22.4. The van der Waals surface area contributed by atoms with Gasteiger partial charge in [-0.25, -0.2) is 19.2 Å². The quantitative estimate of drug-likeness (QED) is 0.429. The smallest absolute Gasteiger partial charge is 0.338 e. The number of fused-ring (bicyclic) bond motifs is 2. The minimum Gasteiger partial charge on any atom is -0.361 e. The molecule has 2 N–H and O–H groups in total. The second-order valence-electron chi connectivity index (χ2n) is 7.21. The molecule has 0 aliphatic heterocycles. The Hall–Kier alpha value is -4.16. The van der Waals surface area contributed by atoms with E-state index in [1.54, 1.807) is 30.5 Å². The Balaban J connectivity index is 1.70. The molecule has 0 radical (unpaired) electrons. The van der Waals surface area contributed by atoms with Crippen LogP contribution in [0, 0.1) is 17.1 Å². The highest BCUT2D eigenvalue weighted by Crippen LogP contribution is 2.28. The largest absolute Gasteiger partial charge is 0.361 e. The van der Waals surface area contributed by atoms with Crippen LogP contribution < -0.4 is 11.0 Å². The van der Waals surface area contributed by atoms with Gasteiger partial charge in [0, 0.05) is 6.20 Å². The molecule has 4 aromatic heterocycles. The Morgan fingerprint density at radius 2 is 2.09 bits per heavy atom. The molecule has 0 amide bonds. The molecule has 1 aromatic carbocycles. The van der Waals surface area contributed by atoms with Crippen molar-refractivity contribution in [2.45, 2.75) is 13.0 Å². The lowest BCUT2D eigenvalue weighted by atomic mass is 10.1. The van der Waals surface area contributed by atoms with Crippen LogP contribution in [0.25, 0.3) is 22.2 Å². The average molecular weight is 448 g/mol. The maximum absolute atomic E-state index is 14.0. The summed E-state index contributed by atoms with van der Waals surface area (Å²) in [5.74, 6) is -0.0324. The van der Waals surface area contributed by atoms with Gasteiger partial charge in [0.2, 0.25) is 0 Å². The minimum atomic E-state index is -0.469. The lowest BCUT2D eigenvalue weighted by Crippen LogP contribution is -2.30. The number of H-pyrrole nitrogens is 1. The number of halogens is 2. The van der Waals surface area contributed by atoms with Gasteiger partial charge in [0.15, 0.2) is 0 Å². The first-order valence-electron chi connectivity index (χ1n) is 9.65. The van der Waals surface area contributed by atoms with E-state index >= 15 is 0 Å². The van der Waals surface area contributed by atoms with Gasteiger partial charge < -0.3 is 10.3 Å². The van der Waals surface area contributed by atoms with E-state index in [-0.39, 0.29) is 5.15 Å². The number of nitriles is 1. The van der Waals surface area contributed by atoms with Gasteiger partial charge in [0.05, 0.1) is 33.9 Å². The van der Waals surface area contributed by atoms with E-state index in [2.05, 4.69) is 26.3 Å².